The molecule has 1 heterocycles. The highest BCUT2D eigenvalue weighted by Crippen LogP contribution is 2.67. The molecule has 0 aromatic heterocycles. The van der Waals surface area contributed by atoms with E-state index in [1.54, 1.807) is 19.8 Å². The summed E-state index contributed by atoms with van der Waals surface area (Å²) in [5, 5.41) is 12.4. The molecule has 9 unspecified atom stereocenters. The van der Waals surface area contributed by atoms with E-state index in [-0.39, 0.29) is 36.5 Å². The van der Waals surface area contributed by atoms with Crippen molar-refractivity contribution in [1.82, 2.24) is 10.2 Å². The third-order valence-electron chi connectivity index (χ3n) is 19.1. The summed E-state index contributed by atoms with van der Waals surface area (Å²) in [5.74, 6) is 3.20. The number of carboxylic acid groups (broad SMARTS) is 1. The Bertz CT molecular complexity index is 2270. The Balaban J connectivity index is 0.859. The number of ether oxygens (including phenoxy) is 5. The van der Waals surface area contributed by atoms with Gasteiger partial charge in [0.2, 0.25) is 0 Å². The first-order chi connectivity index (χ1) is 36.4. The van der Waals surface area contributed by atoms with Crippen molar-refractivity contribution in [1.29, 1.82) is 0 Å². The lowest BCUT2D eigenvalue weighted by atomic mass is 9.47. The van der Waals surface area contributed by atoms with E-state index in [9.17, 15) is 19.5 Å². The van der Waals surface area contributed by atoms with Gasteiger partial charge in [-0.05, 0) is 146 Å². The van der Waals surface area contributed by atoms with Crippen LogP contribution < -0.4 is 14.8 Å². The van der Waals surface area contributed by atoms with Gasteiger partial charge in [0, 0.05) is 25.9 Å². The van der Waals surface area contributed by atoms with Crippen molar-refractivity contribution < 1.29 is 43.2 Å². The number of carbonyl (C=O) groups excluding carboxylic acids is 2. The number of unbranched alkanes of at least 4 members (excludes halogenated alkanes) is 8. The van der Waals surface area contributed by atoms with Gasteiger partial charge in [0.1, 0.15) is 29.3 Å². The number of fused-ring (bicyclic) bond motifs is 5. The number of alkyl carbamates (subject to hydrolysis) is 1. The number of hydrogen-bond donors (Lipinski definition) is 2. The van der Waals surface area contributed by atoms with Crippen molar-refractivity contribution in [3.63, 3.8) is 0 Å². The Labute approximate surface area is 449 Å². The van der Waals surface area contributed by atoms with E-state index < -0.39 is 23.6 Å². The number of nitrogens with zero attached hydrogens (tertiary/aromatic N) is 1. The zero-order chi connectivity index (χ0) is 52.8. The summed E-state index contributed by atoms with van der Waals surface area (Å²) in [6.45, 7) is 9.59. The lowest BCUT2D eigenvalue weighted by Gasteiger charge is -2.58. The van der Waals surface area contributed by atoms with Crippen molar-refractivity contribution in [3.05, 3.63) is 107 Å². The standard InChI is InChI=1S/C64H90N2O9/c1-6-7-8-9-10-16-21-47-27-33-56-55-32-26-50-42-53(36-38-63(50,3)57(55)37-39-62(47,56)2)75-61(70)65-40-17-11-12-18-41-66-44-54(74-60(69)35-34-59(67)68)43-58(66)64(48-22-28-51(71-4)29-23-48,49-24-30-52(72-5)31-25-49)73-45-46-19-14-13-15-20-46/h13-15,19-20,22-26,28-31,47,53-58H,6-12,16-18,21,27,32-45H2,1-5H3,(H,65,70)(H,67,68). The third kappa shape index (κ3) is 13.5. The van der Waals surface area contributed by atoms with E-state index in [0.717, 1.165) is 96.8 Å². The number of carbonyl (C=O) groups is 3. The summed E-state index contributed by atoms with van der Waals surface area (Å²) < 4.78 is 30.7. The minimum atomic E-state index is -1.04. The van der Waals surface area contributed by atoms with Gasteiger partial charge >= 0.3 is 18.0 Å². The normalized spacial score (nSPS) is 27.3. The van der Waals surface area contributed by atoms with Gasteiger partial charge in [-0.3, -0.25) is 14.5 Å². The van der Waals surface area contributed by atoms with Crippen LogP contribution in [0.1, 0.15) is 179 Å². The van der Waals surface area contributed by atoms with Crippen LogP contribution in [0.15, 0.2) is 90.5 Å². The third-order valence-corrected chi connectivity index (χ3v) is 19.1. The smallest absolute Gasteiger partial charge is 0.407 e. The van der Waals surface area contributed by atoms with E-state index in [1.165, 1.54) is 77.0 Å². The summed E-state index contributed by atoms with van der Waals surface area (Å²) in [6, 6.07) is 25.8. The van der Waals surface area contributed by atoms with Gasteiger partial charge in [-0.15, -0.1) is 0 Å². The van der Waals surface area contributed by atoms with Crippen molar-refractivity contribution in [2.45, 2.75) is 192 Å². The number of amides is 1. The van der Waals surface area contributed by atoms with Crippen molar-refractivity contribution in [2.75, 3.05) is 33.9 Å². The highest BCUT2D eigenvalue weighted by molar-refractivity contribution is 5.76. The number of allylic oxidation sites excluding steroid dienone is 1. The first kappa shape index (κ1) is 56.3. The van der Waals surface area contributed by atoms with Crippen LogP contribution in [0.5, 0.6) is 11.5 Å². The molecule has 8 rings (SSSR count). The maximum Gasteiger partial charge on any atom is 0.407 e. The number of nitrogens with one attached hydrogen (secondary N) is 1. The van der Waals surface area contributed by atoms with Crippen LogP contribution in [0.3, 0.4) is 0 Å². The topological polar surface area (TPSA) is 133 Å². The van der Waals surface area contributed by atoms with Gasteiger partial charge in [0.05, 0.1) is 39.7 Å². The molecular formula is C64H90N2O9. The van der Waals surface area contributed by atoms with E-state index in [1.807, 2.05) is 42.5 Å². The molecule has 3 saturated carbocycles. The van der Waals surface area contributed by atoms with Crippen molar-refractivity contribution >= 4 is 18.0 Å². The molecule has 3 aromatic carbocycles. The summed E-state index contributed by atoms with van der Waals surface area (Å²) in [7, 11) is 3.30. The fourth-order valence-corrected chi connectivity index (χ4v) is 15.0. The fraction of sp³-hybridized carbons (Fsp3) is 0.641. The molecule has 2 N–H and O–H groups in total. The molecule has 410 valence electrons. The van der Waals surface area contributed by atoms with Crippen LogP contribution in [0, 0.1) is 34.5 Å². The van der Waals surface area contributed by atoms with Crippen LogP contribution in [0.25, 0.3) is 0 Å². The lowest BCUT2D eigenvalue weighted by Crippen LogP contribution is -2.50. The average molecular weight is 1030 g/mol. The number of benzene rings is 3. The molecule has 4 fully saturated rings. The SMILES string of the molecule is CCCCCCCCC1CCC2C3CC=C4CC(OC(=O)NCCCCCCN5CC(OC(=O)CCC(=O)O)CC5C(OCc5ccccc5)(c5ccc(OC)cc5)c5ccc(OC)cc5)CCC4(C)C3CCC12C. The molecule has 11 heteroatoms. The maximum atomic E-state index is 13.3. The molecule has 1 aliphatic heterocycles. The molecule has 0 radical (unpaired) electrons. The van der Waals surface area contributed by atoms with Crippen LogP contribution in [0.4, 0.5) is 4.79 Å². The first-order valence-electron chi connectivity index (χ1n) is 29.2. The minimum Gasteiger partial charge on any atom is -0.497 e. The first-order valence-corrected chi connectivity index (χ1v) is 29.2. The number of methoxy groups -OCH3 is 2. The number of esters is 1. The van der Waals surface area contributed by atoms with Gasteiger partial charge in [0.15, 0.2) is 0 Å². The molecule has 1 saturated heterocycles. The van der Waals surface area contributed by atoms with Gasteiger partial charge in [-0.1, -0.05) is 138 Å². The second-order valence-electron chi connectivity index (χ2n) is 23.5. The van der Waals surface area contributed by atoms with Crippen molar-refractivity contribution in [3.8, 4) is 11.5 Å². The average Bonchev–Trinajstić information content (AvgIpc) is 4.01. The molecule has 0 bridgehead atoms. The summed E-state index contributed by atoms with van der Waals surface area (Å²) >= 11 is 0. The molecular weight excluding hydrogens is 941 g/mol. The second kappa shape index (κ2) is 26.5. The zero-order valence-corrected chi connectivity index (χ0v) is 46.2. The van der Waals surface area contributed by atoms with E-state index >= 15 is 0 Å². The zero-order valence-electron chi connectivity index (χ0n) is 46.2. The summed E-state index contributed by atoms with van der Waals surface area (Å²) in [4.78, 5) is 40.1. The quantitative estimate of drug-likeness (QED) is 0.0432. The second-order valence-corrected chi connectivity index (χ2v) is 23.5. The van der Waals surface area contributed by atoms with E-state index in [4.69, 9.17) is 23.7 Å². The van der Waals surface area contributed by atoms with Crippen LogP contribution in [-0.2, 0) is 36.0 Å². The maximum absolute atomic E-state index is 13.3. The highest BCUT2D eigenvalue weighted by atomic mass is 16.6. The van der Waals surface area contributed by atoms with Crippen LogP contribution >= 0.6 is 0 Å². The molecule has 4 aliphatic carbocycles. The van der Waals surface area contributed by atoms with Crippen molar-refractivity contribution in [2.24, 2.45) is 34.5 Å². The number of aliphatic carboxylic acids is 1. The van der Waals surface area contributed by atoms with E-state index in [0.29, 0.717) is 38.1 Å². The van der Waals surface area contributed by atoms with Gasteiger partial charge in [-0.25, -0.2) is 4.79 Å². The summed E-state index contributed by atoms with van der Waals surface area (Å²) in [5.41, 5.74) is 4.13. The lowest BCUT2D eigenvalue weighted by molar-refractivity contribution is -0.151. The van der Waals surface area contributed by atoms with Gasteiger partial charge in [-0.2, -0.15) is 0 Å². The number of likely N-dealkylation sites (tertiary alicyclic amines) is 1. The van der Waals surface area contributed by atoms with Crippen LogP contribution in [-0.4, -0.2) is 80.1 Å². The predicted molar refractivity (Wildman–Crippen MR) is 295 cm³/mol. The van der Waals surface area contributed by atoms with Gasteiger partial charge in [0.25, 0.3) is 0 Å². The highest BCUT2D eigenvalue weighted by Gasteiger charge is 2.58. The molecule has 3 aromatic rings. The monoisotopic (exact) mass is 1030 g/mol. The minimum absolute atomic E-state index is 0.0729. The Kier molecular flexibility index (Phi) is 19.9. The predicted octanol–water partition coefficient (Wildman–Crippen LogP) is 14.0. The summed E-state index contributed by atoms with van der Waals surface area (Å²) in [6.07, 6.45) is 24.8. The number of hydrogen-bond acceptors (Lipinski definition) is 9. The Morgan fingerprint density at radius 2 is 1.41 bits per heavy atom. The number of carboxylic acids is 1. The molecule has 5 aliphatic rings. The Morgan fingerprint density at radius 3 is 2.11 bits per heavy atom. The Hall–Kier alpha value is -4.87. The largest absolute Gasteiger partial charge is 0.497 e. The Morgan fingerprint density at radius 1 is 0.733 bits per heavy atom. The fourth-order valence-electron chi connectivity index (χ4n) is 15.0. The molecule has 75 heavy (non-hydrogen) atoms. The molecule has 9 atom stereocenters. The van der Waals surface area contributed by atoms with Gasteiger partial charge < -0.3 is 34.1 Å². The van der Waals surface area contributed by atoms with E-state index in [2.05, 4.69) is 73.5 Å². The molecule has 11 nitrogen and oxygen atoms in total. The number of rotatable bonds is 27. The molecule has 0 spiro atoms. The molecule has 1 amide bonds. The van der Waals surface area contributed by atoms with Crippen LogP contribution in [0.2, 0.25) is 0 Å².